The Balaban J connectivity index is 2.59. The average molecular weight is 178 g/mol. The van der Waals surface area contributed by atoms with Crippen molar-refractivity contribution >= 4 is 13.7 Å². The Kier molecular flexibility index (Phi) is 3.54. The molecule has 0 aromatic rings. The number of hydrogen-bond acceptors (Lipinski definition) is 2. The molecule has 1 aliphatic rings. The van der Waals surface area contributed by atoms with Crippen LogP contribution in [0.4, 0.5) is 4.79 Å². The van der Waals surface area contributed by atoms with E-state index in [2.05, 4.69) is 18.5 Å². The third-order valence-corrected chi connectivity index (χ3v) is 2.41. The summed E-state index contributed by atoms with van der Waals surface area (Å²) in [4.78, 5) is 15.0. The molecular weight excluding hydrogens is 163 g/mol. The third kappa shape index (κ3) is 2.59. The van der Waals surface area contributed by atoms with Crippen LogP contribution < -0.4 is 0 Å². The summed E-state index contributed by atoms with van der Waals surface area (Å²) < 4.78 is 0. The van der Waals surface area contributed by atoms with Crippen LogP contribution >= 0.6 is 0 Å². The molecule has 0 aromatic heterocycles. The molecule has 3 nitrogen and oxygen atoms in total. The average Bonchev–Trinajstić information content (AvgIpc) is 2.04. The van der Waals surface area contributed by atoms with E-state index >= 15 is 0 Å². The summed E-state index contributed by atoms with van der Waals surface area (Å²) in [6.45, 7) is 6.19. The predicted octanol–water partition coefficient (Wildman–Crippen LogP) is 0.467. The molecule has 1 rings (SSSR count). The second-order valence-corrected chi connectivity index (χ2v) is 3.47. The maximum absolute atomic E-state index is 11.0. The molecule has 0 aliphatic carbocycles. The SMILES string of the molecule is [B]C(=O)N1CCN(C)C[C@@H]1CC=C. The lowest BCUT2D eigenvalue weighted by molar-refractivity contribution is 0.123. The first kappa shape index (κ1) is 10.3. The van der Waals surface area contributed by atoms with Crippen LogP contribution in [0, 0.1) is 0 Å². The molecule has 1 aliphatic heterocycles. The van der Waals surface area contributed by atoms with E-state index in [4.69, 9.17) is 7.85 Å². The molecule has 0 aromatic carbocycles. The number of likely N-dealkylation sites (N-methyl/N-ethyl adjacent to an activating group) is 1. The van der Waals surface area contributed by atoms with Crippen LogP contribution in [0.5, 0.6) is 0 Å². The van der Waals surface area contributed by atoms with Gasteiger partial charge in [0, 0.05) is 25.7 Å². The number of carbonyl (C=O) groups excluding carboxylic acids is 1. The molecule has 0 spiro atoms. The van der Waals surface area contributed by atoms with Crippen LogP contribution in [-0.2, 0) is 0 Å². The number of carbonyl (C=O) groups is 1. The zero-order valence-electron chi connectivity index (χ0n) is 8.07. The van der Waals surface area contributed by atoms with Crippen molar-refractivity contribution in [2.45, 2.75) is 12.5 Å². The molecule has 70 valence electrons. The lowest BCUT2D eigenvalue weighted by atomic mass is 10.0. The molecule has 0 bridgehead atoms. The number of amides is 1. The normalized spacial score (nSPS) is 24.4. The number of piperazine rings is 1. The highest BCUT2D eigenvalue weighted by Gasteiger charge is 2.25. The van der Waals surface area contributed by atoms with Crippen molar-refractivity contribution in [1.29, 1.82) is 0 Å². The third-order valence-electron chi connectivity index (χ3n) is 2.41. The van der Waals surface area contributed by atoms with Crippen LogP contribution in [0.25, 0.3) is 0 Å². The number of hydrogen-bond donors (Lipinski definition) is 0. The molecule has 0 unspecified atom stereocenters. The Morgan fingerprint density at radius 3 is 2.92 bits per heavy atom. The Labute approximate surface area is 80.8 Å². The molecule has 0 saturated carbocycles. The first-order chi connectivity index (χ1) is 6.15. The maximum Gasteiger partial charge on any atom is 0.200 e. The van der Waals surface area contributed by atoms with Gasteiger partial charge in [-0.15, -0.1) is 6.58 Å². The summed E-state index contributed by atoms with van der Waals surface area (Å²) in [6, 6.07) is 0.203. The molecule has 1 fully saturated rings. The summed E-state index contributed by atoms with van der Waals surface area (Å²) in [6.07, 6.45) is 2.65. The van der Waals surface area contributed by atoms with Gasteiger partial charge in [-0.1, -0.05) is 6.08 Å². The molecule has 4 heteroatoms. The summed E-state index contributed by atoms with van der Waals surface area (Å²) in [5.74, 6) is -0.319. The highest BCUT2D eigenvalue weighted by molar-refractivity contribution is 6.56. The van der Waals surface area contributed by atoms with Gasteiger partial charge in [-0.2, -0.15) is 0 Å². The summed E-state index contributed by atoms with van der Waals surface area (Å²) >= 11 is 0. The Morgan fingerprint density at radius 1 is 1.69 bits per heavy atom. The van der Waals surface area contributed by atoms with Gasteiger partial charge in [0.2, 0.25) is 7.85 Å². The van der Waals surface area contributed by atoms with Gasteiger partial charge in [0.15, 0.2) is 5.81 Å². The minimum Gasteiger partial charge on any atom is -0.347 e. The molecule has 1 saturated heterocycles. The van der Waals surface area contributed by atoms with Gasteiger partial charge in [0.05, 0.1) is 0 Å². The van der Waals surface area contributed by atoms with Crippen molar-refractivity contribution in [1.82, 2.24) is 9.80 Å². The quantitative estimate of drug-likeness (QED) is 0.453. The molecule has 13 heavy (non-hydrogen) atoms. The van der Waals surface area contributed by atoms with E-state index in [1.165, 1.54) is 0 Å². The van der Waals surface area contributed by atoms with Crippen molar-refractivity contribution in [3.8, 4) is 0 Å². The standard InChI is InChI=1S/C9H15BN2O/c1-3-4-8-7-11(2)5-6-12(8)9(10)13/h3,8H,1,4-7H2,2H3/t8-/m0/s1. The fourth-order valence-electron chi connectivity index (χ4n) is 1.69. The predicted molar refractivity (Wildman–Crippen MR) is 54.0 cm³/mol. The number of rotatable bonds is 2. The zero-order valence-corrected chi connectivity index (χ0v) is 8.07. The van der Waals surface area contributed by atoms with Crippen LogP contribution in [0.1, 0.15) is 6.42 Å². The van der Waals surface area contributed by atoms with Crippen molar-refractivity contribution in [2.24, 2.45) is 0 Å². The van der Waals surface area contributed by atoms with E-state index in [-0.39, 0.29) is 11.8 Å². The van der Waals surface area contributed by atoms with E-state index in [9.17, 15) is 4.79 Å². The minimum absolute atomic E-state index is 0.203. The molecule has 1 heterocycles. The largest absolute Gasteiger partial charge is 0.347 e. The maximum atomic E-state index is 11.0. The van der Waals surface area contributed by atoms with Crippen molar-refractivity contribution < 1.29 is 4.79 Å². The van der Waals surface area contributed by atoms with E-state index in [1.807, 2.05) is 6.08 Å². The van der Waals surface area contributed by atoms with Crippen LogP contribution in [0.15, 0.2) is 12.7 Å². The Bertz CT molecular complexity index is 208. The lowest BCUT2D eigenvalue weighted by Gasteiger charge is -2.39. The Hall–Kier alpha value is -0.765. The van der Waals surface area contributed by atoms with E-state index in [0.717, 1.165) is 26.1 Å². The van der Waals surface area contributed by atoms with E-state index in [1.54, 1.807) is 4.90 Å². The van der Waals surface area contributed by atoms with Crippen molar-refractivity contribution in [3.05, 3.63) is 12.7 Å². The highest BCUT2D eigenvalue weighted by atomic mass is 16.2. The van der Waals surface area contributed by atoms with E-state index in [0.29, 0.717) is 0 Å². The fourth-order valence-corrected chi connectivity index (χ4v) is 1.69. The second-order valence-electron chi connectivity index (χ2n) is 3.47. The van der Waals surface area contributed by atoms with Gasteiger partial charge < -0.3 is 9.80 Å². The van der Waals surface area contributed by atoms with Crippen molar-refractivity contribution in [2.75, 3.05) is 26.7 Å². The van der Waals surface area contributed by atoms with Crippen LogP contribution in [0.2, 0.25) is 0 Å². The summed E-state index contributed by atoms with van der Waals surface area (Å²) in [5, 5.41) is 0. The van der Waals surface area contributed by atoms with Crippen LogP contribution in [-0.4, -0.2) is 56.2 Å². The first-order valence-electron chi connectivity index (χ1n) is 4.50. The number of nitrogens with zero attached hydrogens (tertiary/aromatic N) is 2. The highest BCUT2D eigenvalue weighted by Crippen LogP contribution is 2.11. The molecule has 2 radical (unpaired) electrons. The van der Waals surface area contributed by atoms with Gasteiger partial charge in [0.25, 0.3) is 0 Å². The van der Waals surface area contributed by atoms with E-state index < -0.39 is 0 Å². The van der Waals surface area contributed by atoms with Gasteiger partial charge >= 0.3 is 0 Å². The minimum atomic E-state index is -0.319. The van der Waals surface area contributed by atoms with Gasteiger partial charge in [-0.25, -0.2) is 0 Å². The first-order valence-corrected chi connectivity index (χ1v) is 4.50. The smallest absolute Gasteiger partial charge is 0.200 e. The molecular formula is C9H15BN2O. The monoisotopic (exact) mass is 178 g/mol. The zero-order chi connectivity index (χ0) is 9.84. The van der Waals surface area contributed by atoms with Gasteiger partial charge in [-0.3, -0.25) is 4.79 Å². The van der Waals surface area contributed by atoms with Crippen molar-refractivity contribution in [3.63, 3.8) is 0 Å². The molecule has 1 atom stereocenters. The lowest BCUT2D eigenvalue weighted by Crippen LogP contribution is -2.53. The van der Waals surface area contributed by atoms with Gasteiger partial charge in [-0.05, 0) is 13.5 Å². The Morgan fingerprint density at radius 2 is 2.38 bits per heavy atom. The fraction of sp³-hybridized carbons (Fsp3) is 0.667. The summed E-state index contributed by atoms with van der Waals surface area (Å²) in [7, 11) is 7.32. The topological polar surface area (TPSA) is 23.6 Å². The molecule has 1 amide bonds. The summed E-state index contributed by atoms with van der Waals surface area (Å²) in [5.41, 5.74) is 0. The second kappa shape index (κ2) is 4.47. The van der Waals surface area contributed by atoms with Gasteiger partial charge in [0.1, 0.15) is 0 Å². The van der Waals surface area contributed by atoms with Crippen LogP contribution in [0.3, 0.4) is 0 Å². The molecule has 0 N–H and O–H groups in total.